The number of para-hydroxylation sites is 1. The van der Waals surface area contributed by atoms with Crippen LogP contribution >= 0.6 is 11.8 Å². The molecule has 1 aliphatic rings. The van der Waals surface area contributed by atoms with E-state index < -0.39 is 0 Å². The minimum absolute atomic E-state index is 0.0100. The highest BCUT2D eigenvalue weighted by atomic mass is 32.2. The highest BCUT2D eigenvalue weighted by molar-refractivity contribution is 8.02. The van der Waals surface area contributed by atoms with Crippen molar-refractivity contribution in [2.75, 3.05) is 31.6 Å². The van der Waals surface area contributed by atoms with Gasteiger partial charge >= 0.3 is 0 Å². The van der Waals surface area contributed by atoms with E-state index in [0.29, 0.717) is 42.6 Å². The lowest BCUT2D eigenvalue weighted by atomic mass is 10.1. The number of carbonyl (C=O) groups excluding carboxylic acids is 1. The third-order valence-electron chi connectivity index (χ3n) is 4.40. The Morgan fingerprint density at radius 1 is 1.03 bits per heavy atom. The molecule has 7 heteroatoms. The zero-order chi connectivity index (χ0) is 20.5. The SMILES string of the molecule is N#CC(C#N)=C(Nc1ccccc1)SCc1ccccc1C(=O)N1CCOCC1. The van der Waals surface area contributed by atoms with Crippen LogP contribution in [0.5, 0.6) is 0 Å². The maximum atomic E-state index is 12.9. The highest BCUT2D eigenvalue weighted by Crippen LogP contribution is 2.28. The summed E-state index contributed by atoms with van der Waals surface area (Å²) in [5.74, 6) is 0.431. The molecule has 0 atom stereocenters. The van der Waals surface area contributed by atoms with Gasteiger partial charge in [0.1, 0.15) is 17.2 Å². The zero-order valence-electron chi connectivity index (χ0n) is 15.8. The number of anilines is 1. The van der Waals surface area contributed by atoms with E-state index in [1.165, 1.54) is 11.8 Å². The summed E-state index contributed by atoms with van der Waals surface area (Å²) < 4.78 is 5.33. The third-order valence-corrected chi connectivity index (χ3v) is 5.45. The normalized spacial score (nSPS) is 13.1. The van der Waals surface area contributed by atoms with Crippen LogP contribution in [0.25, 0.3) is 0 Å². The Balaban J connectivity index is 1.80. The quantitative estimate of drug-likeness (QED) is 0.738. The summed E-state index contributed by atoms with van der Waals surface area (Å²) in [5, 5.41) is 22.3. The van der Waals surface area contributed by atoms with E-state index in [0.717, 1.165) is 11.3 Å². The van der Waals surface area contributed by atoms with Gasteiger partial charge in [-0.25, -0.2) is 0 Å². The Hall–Kier alpha value is -3.26. The van der Waals surface area contributed by atoms with Gasteiger partial charge in [0.2, 0.25) is 0 Å². The van der Waals surface area contributed by atoms with Crippen molar-refractivity contribution in [2.45, 2.75) is 5.75 Å². The summed E-state index contributed by atoms with van der Waals surface area (Å²) in [4.78, 5) is 14.7. The summed E-state index contributed by atoms with van der Waals surface area (Å²) >= 11 is 1.33. The fourth-order valence-corrected chi connectivity index (χ4v) is 3.87. The van der Waals surface area contributed by atoms with Crippen LogP contribution in [0.15, 0.2) is 65.2 Å². The smallest absolute Gasteiger partial charge is 0.254 e. The number of hydrogen-bond acceptors (Lipinski definition) is 6. The summed E-state index contributed by atoms with van der Waals surface area (Å²) in [6.07, 6.45) is 0. The highest BCUT2D eigenvalue weighted by Gasteiger charge is 2.21. The Bertz CT molecular complexity index is 954. The molecule has 1 aliphatic heterocycles. The van der Waals surface area contributed by atoms with Crippen LogP contribution in [0.2, 0.25) is 0 Å². The summed E-state index contributed by atoms with van der Waals surface area (Å²) in [6.45, 7) is 2.25. The van der Waals surface area contributed by atoms with Gasteiger partial charge in [-0.2, -0.15) is 10.5 Å². The van der Waals surface area contributed by atoms with Crippen molar-refractivity contribution in [2.24, 2.45) is 0 Å². The molecule has 0 spiro atoms. The first-order chi connectivity index (χ1) is 14.2. The van der Waals surface area contributed by atoms with Crippen molar-refractivity contribution in [3.8, 4) is 12.1 Å². The molecule has 1 heterocycles. The molecule has 3 rings (SSSR count). The van der Waals surface area contributed by atoms with Crippen LogP contribution in [0.1, 0.15) is 15.9 Å². The number of nitriles is 2. The number of allylic oxidation sites excluding steroid dienone is 1. The van der Waals surface area contributed by atoms with Crippen molar-refractivity contribution in [3.63, 3.8) is 0 Å². The number of nitrogens with one attached hydrogen (secondary N) is 1. The van der Waals surface area contributed by atoms with Gasteiger partial charge < -0.3 is 15.0 Å². The Kier molecular flexibility index (Phi) is 7.29. The monoisotopic (exact) mass is 404 g/mol. The number of thioether (sulfide) groups is 1. The second-order valence-corrected chi connectivity index (χ2v) is 7.25. The zero-order valence-corrected chi connectivity index (χ0v) is 16.6. The van der Waals surface area contributed by atoms with E-state index in [2.05, 4.69) is 5.32 Å². The molecule has 0 radical (unpaired) electrons. The number of carbonyl (C=O) groups is 1. The molecular weight excluding hydrogens is 384 g/mol. The van der Waals surface area contributed by atoms with Gasteiger partial charge in [-0.3, -0.25) is 4.79 Å². The van der Waals surface area contributed by atoms with Crippen LogP contribution < -0.4 is 5.32 Å². The third kappa shape index (κ3) is 5.39. The molecule has 29 heavy (non-hydrogen) atoms. The van der Waals surface area contributed by atoms with Gasteiger partial charge in [0.15, 0.2) is 5.57 Å². The van der Waals surface area contributed by atoms with Gasteiger partial charge in [-0.15, -0.1) is 11.8 Å². The molecular formula is C22H20N4O2S. The predicted molar refractivity (Wildman–Crippen MR) is 113 cm³/mol. The van der Waals surface area contributed by atoms with Gasteiger partial charge in [-0.1, -0.05) is 36.4 Å². The van der Waals surface area contributed by atoms with E-state index in [1.54, 1.807) is 4.90 Å². The number of ether oxygens (including phenoxy) is 1. The van der Waals surface area contributed by atoms with Crippen molar-refractivity contribution in [3.05, 3.63) is 76.3 Å². The van der Waals surface area contributed by atoms with Crippen molar-refractivity contribution < 1.29 is 9.53 Å². The molecule has 2 aromatic rings. The van der Waals surface area contributed by atoms with Crippen molar-refractivity contribution >= 4 is 23.4 Å². The summed E-state index contributed by atoms with van der Waals surface area (Å²) in [7, 11) is 0. The lowest BCUT2D eigenvalue weighted by Crippen LogP contribution is -2.41. The number of amides is 1. The Morgan fingerprint density at radius 3 is 2.38 bits per heavy atom. The first-order valence-corrected chi connectivity index (χ1v) is 10.2. The number of hydrogen-bond donors (Lipinski definition) is 1. The Morgan fingerprint density at radius 2 is 1.69 bits per heavy atom. The molecule has 146 valence electrons. The predicted octanol–water partition coefficient (Wildman–Crippen LogP) is 3.76. The molecule has 1 amide bonds. The second-order valence-electron chi connectivity index (χ2n) is 6.27. The molecule has 1 fully saturated rings. The van der Waals surface area contributed by atoms with Gasteiger partial charge in [0, 0.05) is 30.1 Å². The molecule has 0 aliphatic carbocycles. The number of rotatable bonds is 6. The first-order valence-electron chi connectivity index (χ1n) is 9.17. The first kappa shape index (κ1) is 20.5. The molecule has 1 N–H and O–H groups in total. The average molecular weight is 404 g/mol. The maximum absolute atomic E-state index is 12.9. The van der Waals surface area contributed by atoms with Crippen LogP contribution in [0.4, 0.5) is 5.69 Å². The summed E-state index contributed by atoms with van der Waals surface area (Å²) in [5.41, 5.74) is 2.29. The maximum Gasteiger partial charge on any atom is 0.254 e. The molecule has 1 saturated heterocycles. The second kappa shape index (κ2) is 10.3. The van der Waals surface area contributed by atoms with E-state index >= 15 is 0 Å². The standard InChI is InChI=1S/C22H20N4O2S/c23-14-18(15-24)21(25-19-7-2-1-3-8-19)29-16-17-6-4-5-9-20(17)22(27)26-10-12-28-13-11-26/h1-9,25H,10-13,16H2. The van der Waals surface area contributed by atoms with Gasteiger partial charge in [0.05, 0.1) is 13.2 Å². The molecule has 0 saturated carbocycles. The number of morpholine rings is 1. The summed E-state index contributed by atoms with van der Waals surface area (Å²) in [6, 6.07) is 20.7. The van der Waals surface area contributed by atoms with Crippen LogP contribution in [0.3, 0.4) is 0 Å². The Labute approximate surface area is 174 Å². The fraction of sp³-hybridized carbons (Fsp3) is 0.227. The van der Waals surface area contributed by atoms with Crippen molar-refractivity contribution in [1.82, 2.24) is 4.90 Å². The van der Waals surface area contributed by atoms with E-state index in [1.807, 2.05) is 66.7 Å². The molecule has 2 aromatic carbocycles. The average Bonchev–Trinajstić information content (AvgIpc) is 2.79. The van der Waals surface area contributed by atoms with Crippen LogP contribution in [-0.4, -0.2) is 37.1 Å². The minimum atomic E-state index is -0.0214. The topological polar surface area (TPSA) is 89.2 Å². The fourth-order valence-electron chi connectivity index (χ4n) is 2.89. The lowest BCUT2D eigenvalue weighted by molar-refractivity contribution is 0.0302. The van der Waals surface area contributed by atoms with Gasteiger partial charge in [0.25, 0.3) is 5.91 Å². The molecule has 0 unspecified atom stereocenters. The van der Waals surface area contributed by atoms with Crippen molar-refractivity contribution in [1.29, 1.82) is 10.5 Å². The van der Waals surface area contributed by atoms with E-state index in [9.17, 15) is 15.3 Å². The van der Waals surface area contributed by atoms with Crippen LogP contribution in [-0.2, 0) is 10.5 Å². The minimum Gasteiger partial charge on any atom is -0.378 e. The molecule has 0 bridgehead atoms. The molecule has 6 nitrogen and oxygen atoms in total. The van der Waals surface area contributed by atoms with E-state index in [-0.39, 0.29) is 11.5 Å². The lowest BCUT2D eigenvalue weighted by Gasteiger charge is -2.27. The number of nitrogens with zero attached hydrogens (tertiary/aromatic N) is 3. The number of benzene rings is 2. The van der Waals surface area contributed by atoms with E-state index in [4.69, 9.17) is 4.74 Å². The largest absolute Gasteiger partial charge is 0.378 e. The van der Waals surface area contributed by atoms with Crippen LogP contribution in [0, 0.1) is 22.7 Å². The molecule has 0 aromatic heterocycles. The van der Waals surface area contributed by atoms with Gasteiger partial charge in [-0.05, 0) is 23.8 Å².